The fourth-order valence-corrected chi connectivity index (χ4v) is 4.67. The third-order valence-electron chi connectivity index (χ3n) is 3.41. The van der Waals surface area contributed by atoms with E-state index in [2.05, 4.69) is 4.90 Å². The molecule has 0 saturated carbocycles. The molecule has 2 rings (SSSR count). The first-order chi connectivity index (χ1) is 9.37. The van der Waals surface area contributed by atoms with Gasteiger partial charge in [0.15, 0.2) is 0 Å². The molecule has 0 bridgehead atoms. The minimum Gasteiger partial charge on any atom is -0.329 e. The van der Waals surface area contributed by atoms with Crippen LogP contribution in [0.1, 0.15) is 0 Å². The van der Waals surface area contributed by atoms with Crippen LogP contribution in [0.25, 0.3) is 0 Å². The molecule has 1 aliphatic rings. The van der Waals surface area contributed by atoms with Crippen molar-refractivity contribution < 1.29 is 8.42 Å². The molecule has 8 heteroatoms. The van der Waals surface area contributed by atoms with E-state index in [0.717, 1.165) is 0 Å². The lowest BCUT2D eigenvalue weighted by Crippen LogP contribution is -2.56. The van der Waals surface area contributed by atoms with Crippen molar-refractivity contribution in [1.29, 1.82) is 0 Å². The number of sulfonamides is 1. The second-order valence-electron chi connectivity index (χ2n) is 4.82. The Balaban J connectivity index is 2.41. The second kappa shape index (κ2) is 6.17. The van der Waals surface area contributed by atoms with Crippen LogP contribution in [0, 0.1) is 0 Å². The van der Waals surface area contributed by atoms with Crippen molar-refractivity contribution >= 4 is 33.2 Å². The van der Waals surface area contributed by atoms with Gasteiger partial charge in [0.25, 0.3) is 0 Å². The third-order valence-corrected chi connectivity index (χ3v) is 6.33. The normalized spacial score (nSPS) is 22.1. The highest BCUT2D eigenvalue weighted by molar-refractivity contribution is 7.89. The predicted molar refractivity (Wildman–Crippen MR) is 80.7 cm³/mol. The van der Waals surface area contributed by atoms with E-state index in [-0.39, 0.29) is 27.5 Å². The van der Waals surface area contributed by atoms with Crippen LogP contribution < -0.4 is 5.73 Å². The smallest absolute Gasteiger partial charge is 0.244 e. The summed E-state index contributed by atoms with van der Waals surface area (Å²) in [6.07, 6.45) is 0. The maximum atomic E-state index is 12.7. The van der Waals surface area contributed by atoms with Crippen molar-refractivity contribution in [2.75, 3.05) is 33.2 Å². The Morgan fingerprint density at radius 2 is 2.05 bits per heavy atom. The van der Waals surface area contributed by atoms with Crippen molar-refractivity contribution in [3.05, 3.63) is 28.2 Å². The molecule has 0 amide bonds. The zero-order valence-electron chi connectivity index (χ0n) is 11.1. The van der Waals surface area contributed by atoms with Gasteiger partial charge in [-0.3, -0.25) is 0 Å². The van der Waals surface area contributed by atoms with Crippen molar-refractivity contribution in [3.8, 4) is 0 Å². The van der Waals surface area contributed by atoms with Gasteiger partial charge in [-0.1, -0.05) is 29.3 Å². The van der Waals surface area contributed by atoms with Crippen LogP contribution in [0.2, 0.25) is 10.0 Å². The quantitative estimate of drug-likeness (QED) is 0.901. The molecule has 0 spiro atoms. The van der Waals surface area contributed by atoms with Gasteiger partial charge < -0.3 is 10.6 Å². The van der Waals surface area contributed by atoms with Gasteiger partial charge >= 0.3 is 0 Å². The van der Waals surface area contributed by atoms with Gasteiger partial charge in [0.05, 0.1) is 16.1 Å². The lowest BCUT2D eigenvalue weighted by Gasteiger charge is -2.38. The van der Waals surface area contributed by atoms with Gasteiger partial charge in [-0.15, -0.1) is 0 Å². The van der Waals surface area contributed by atoms with E-state index in [1.165, 1.54) is 10.4 Å². The van der Waals surface area contributed by atoms with Crippen LogP contribution >= 0.6 is 23.2 Å². The van der Waals surface area contributed by atoms with Crippen LogP contribution in [-0.2, 0) is 10.0 Å². The Kier molecular flexibility index (Phi) is 4.94. The summed E-state index contributed by atoms with van der Waals surface area (Å²) in [4.78, 5) is 2.10. The number of benzene rings is 1. The number of nitrogens with two attached hydrogens (primary N) is 1. The summed E-state index contributed by atoms with van der Waals surface area (Å²) in [5.41, 5.74) is 5.71. The first-order valence-electron chi connectivity index (χ1n) is 6.22. The molecule has 20 heavy (non-hydrogen) atoms. The monoisotopic (exact) mass is 337 g/mol. The van der Waals surface area contributed by atoms with Crippen molar-refractivity contribution in [1.82, 2.24) is 9.21 Å². The Bertz CT molecular complexity index is 594. The molecule has 0 radical (unpaired) electrons. The van der Waals surface area contributed by atoms with E-state index < -0.39 is 10.0 Å². The zero-order valence-corrected chi connectivity index (χ0v) is 13.4. The molecular weight excluding hydrogens is 321 g/mol. The summed E-state index contributed by atoms with van der Waals surface area (Å²) in [6, 6.07) is 4.35. The predicted octanol–water partition coefficient (Wildman–Crippen LogP) is 1.26. The Morgan fingerprint density at radius 3 is 2.70 bits per heavy atom. The fraction of sp³-hybridized carbons (Fsp3) is 0.500. The summed E-state index contributed by atoms with van der Waals surface area (Å²) in [5.74, 6) is 0. The van der Waals surface area contributed by atoms with E-state index in [4.69, 9.17) is 28.9 Å². The highest BCUT2D eigenvalue weighted by Gasteiger charge is 2.35. The van der Waals surface area contributed by atoms with Crippen molar-refractivity contribution in [2.45, 2.75) is 10.9 Å². The lowest BCUT2D eigenvalue weighted by molar-refractivity contribution is 0.164. The van der Waals surface area contributed by atoms with Gasteiger partial charge in [0.2, 0.25) is 10.0 Å². The molecule has 0 aromatic heterocycles. The highest BCUT2D eigenvalue weighted by Crippen LogP contribution is 2.32. The molecule has 1 fully saturated rings. The Hall–Kier alpha value is -0.370. The van der Waals surface area contributed by atoms with Crippen LogP contribution in [0.15, 0.2) is 23.1 Å². The number of hydrogen-bond acceptors (Lipinski definition) is 4. The van der Waals surface area contributed by atoms with E-state index in [9.17, 15) is 8.42 Å². The maximum Gasteiger partial charge on any atom is 0.244 e. The molecule has 2 N–H and O–H groups in total. The van der Waals surface area contributed by atoms with E-state index >= 15 is 0 Å². The number of nitrogens with zero attached hydrogens (tertiary/aromatic N) is 2. The summed E-state index contributed by atoms with van der Waals surface area (Å²) >= 11 is 11.9. The Labute approximate surface area is 129 Å². The molecule has 1 atom stereocenters. The number of likely N-dealkylation sites (N-methyl/N-ethyl adjacent to an activating group) is 1. The molecule has 1 aromatic carbocycles. The van der Waals surface area contributed by atoms with Crippen LogP contribution in [0.3, 0.4) is 0 Å². The van der Waals surface area contributed by atoms with E-state index in [1.807, 2.05) is 7.05 Å². The topological polar surface area (TPSA) is 66.6 Å². The van der Waals surface area contributed by atoms with Crippen LogP contribution in [0.4, 0.5) is 0 Å². The molecular formula is C12H17Cl2N3O2S. The van der Waals surface area contributed by atoms with Gasteiger partial charge in [0, 0.05) is 26.2 Å². The van der Waals surface area contributed by atoms with E-state index in [1.54, 1.807) is 12.1 Å². The molecule has 0 aliphatic carbocycles. The summed E-state index contributed by atoms with van der Waals surface area (Å²) in [6.45, 7) is 1.92. The molecule has 1 aromatic rings. The van der Waals surface area contributed by atoms with Gasteiger partial charge in [-0.2, -0.15) is 4.31 Å². The van der Waals surface area contributed by atoms with Gasteiger partial charge in [-0.05, 0) is 19.2 Å². The first-order valence-corrected chi connectivity index (χ1v) is 8.42. The van der Waals surface area contributed by atoms with Crippen LogP contribution in [0.5, 0.6) is 0 Å². The summed E-state index contributed by atoms with van der Waals surface area (Å²) < 4.78 is 26.9. The van der Waals surface area contributed by atoms with Crippen molar-refractivity contribution in [3.63, 3.8) is 0 Å². The average Bonchev–Trinajstić information content (AvgIpc) is 2.41. The van der Waals surface area contributed by atoms with Crippen molar-refractivity contribution in [2.24, 2.45) is 5.73 Å². The minimum absolute atomic E-state index is 0.0367. The summed E-state index contributed by atoms with van der Waals surface area (Å²) in [5, 5.41) is 0.287. The lowest BCUT2D eigenvalue weighted by atomic mass is 10.2. The summed E-state index contributed by atoms with van der Waals surface area (Å²) in [7, 11) is -1.75. The first kappa shape index (κ1) is 16.0. The SMILES string of the molecule is CN1CCN(S(=O)(=O)c2cccc(Cl)c2Cl)C(CN)C1. The number of hydrogen-bond donors (Lipinski definition) is 1. The number of rotatable bonds is 3. The molecule has 1 unspecified atom stereocenters. The van der Waals surface area contributed by atoms with Gasteiger partial charge in [0.1, 0.15) is 4.90 Å². The van der Waals surface area contributed by atoms with Crippen LogP contribution in [-0.4, -0.2) is 56.9 Å². The number of piperazine rings is 1. The Morgan fingerprint density at radius 1 is 1.35 bits per heavy atom. The largest absolute Gasteiger partial charge is 0.329 e. The van der Waals surface area contributed by atoms with Gasteiger partial charge in [-0.25, -0.2) is 8.42 Å². The second-order valence-corrected chi connectivity index (χ2v) is 7.46. The average molecular weight is 338 g/mol. The highest BCUT2D eigenvalue weighted by atomic mass is 35.5. The van der Waals surface area contributed by atoms with E-state index in [0.29, 0.717) is 19.6 Å². The minimum atomic E-state index is -3.69. The molecule has 1 aliphatic heterocycles. The molecule has 112 valence electrons. The molecule has 1 heterocycles. The third kappa shape index (κ3) is 2.95. The maximum absolute atomic E-state index is 12.7. The standard InChI is InChI=1S/C12H17Cl2N3O2S/c1-16-5-6-17(9(7-15)8-16)20(18,19)11-4-2-3-10(13)12(11)14/h2-4,9H,5-8,15H2,1H3. The zero-order chi connectivity index (χ0) is 14.9. The molecule has 1 saturated heterocycles. The molecule has 5 nitrogen and oxygen atoms in total. The number of halogens is 2. The fourth-order valence-electron chi connectivity index (χ4n) is 2.31.